The molecule has 6 heteroatoms. The van der Waals surface area contributed by atoms with Crippen LogP contribution in [0, 0.1) is 6.92 Å². The smallest absolute Gasteiger partial charge is 0.264 e. The number of carbonyl (C=O) groups is 2. The minimum Gasteiger partial charge on any atom is -0.342 e. The van der Waals surface area contributed by atoms with E-state index in [1.54, 1.807) is 11.3 Å². The molecule has 1 atom stereocenters. The van der Waals surface area contributed by atoms with Gasteiger partial charge in [-0.15, -0.1) is 11.3 Å². The van der Waals surface area contributed by atoms with E-state index < -0.39 is 0 Å². The predicted octanol–water partition coefficient (Wildman–Crippen LogP) is 2.59. The highest BCUT2D eigenvalue weighted by atomic mass is 32.1. The first-order chi connectivity index (χ1) is 12.6. The van der Waals surface area contributed by atoms with E-state index in [2.05, 4.69) is 17.0 Å². The SMILES string of the molecule is CCN1CCC(N2CCN(C(=O)c3sc4ccccc4c3C)CC2)C1=O. The van der Waals surface area contributed by atoms with Gasteiger partial charge < -0.3 is 9.80 Å². The van der Waals surface area contributed by atoms with Crippen molar-refractivity contribution in [1.29, 1.82) is 0 Å². The Labute approximate surface area is 158 Å². The Morgan fingerprint density at radius 1 is 1.15 bits per heavy atom. The van der Waals surface area contributed by atoms with Crippen molar-refractivity contribution >= 4 is 33.2 Å². The maximum absolute atomic E-state index is 13.0. The van der Waals surface area contributed by atoms with Crippen LogP contribution in [0.25, 0.3) is 10.1 Å². The Morgan fingerprint density at radius 3 is 2.54 bits per heavy atom. The Hall–Kier alpha value is -1.92. The number of thiophene rings is 1. The fourth-order valence-electron chi connectivity index (χ4n) is 4.13. The summed E-state index contributed by atoms with van der Waals surface area (Å²) in [6.07, 6.45) is 0.913. The number of benzene rings is 1. The molecule has 4 rings (SSSR count). The normalized spacial score (nSPS) is 21.8. The zero-order valence-electron chi connectivity index (χ0n) is 15.4. The van der Waals surface area contributed by atoms with Gasteiger partial charge in [0.2, 0.25) is 5.91 Å². The Bertz CT molecular complexity index is 839. The maximum atomic E-state index is 13.0. The van der Waals surface area contributed by atoms with E-state index in [1.807, 2.05) is 35.8 Å². The number of likely N-dealkylation sites (tertiary alicyclic amines) is 1. The van der Waals surface area contributed by atoms with Gasteiger partial charge in [0, 0.05) is 44.0 Å². The quantitative estimate of drug-likeness (QED) is 0.833. The second-order valence-electron chi connectivity index (χ2n) is 7.10. The van der Waals surface area contributed by atoms with Gasteiger partial charge >= 0.3 is 0 Å². The highest BCUT2D eigenvalue weighted by Crippen LogP contribution is 2.31. The lowest BCUT2D eigenvalue weighted by Gasteiger charge is -2.37. The van der Waals surface area contributed by atoms with Gasteiger partial charge in [-0.3, -0.25) is 14.5 Å². The molecule has 0 spiro atoms. The molecule has 26 heavy (non-hydrogen) atoms. The number of likely N-dealkylation sites (N-methyl/N-ethyl adjacent to an activating group) is 1. The van der Waals surface area contributed by atoms with Gasteiger partial charge in [-0.05, 0) is 37.3 Å². The van der Waals surface area contributed by atoms with Crippen LogP contribution in [0.4, 0.5) is 0 Å². The van der Waals surface area contributed by atoms with Crippen molar-refractivity contribution in [2.75, 3.05) is 39.3 Å². The van der Waals surface area contributed by atoms with E-state index in [1.165, 1.54) is 10.1 Å². The van der Waals surface area contributed by atoms with Gasteiger partial charge in [0.1, 0.15) is 0 Å². The average molecular weight is 372 g/mol. The molecule has 0 bridgehead atoms. The molecule has 5 nitrogen and oxygen atoms in total. The predicted molar refractivity (Wildman–Crippen MR) is 105 cm³/mol. The van der Waals surface area contributed by atoms with Crippen LogP contribution in [0.5, 0.6) is 0 Å². The topological polar surface area (TPSA) is 43.9 Å². The first kappa shape index (κ1) is 17.5. The number of nitrogens with zero attached hydrogens (tertiary/aromatic N) is 3. The second kappa shape index (κ2) is 7.00. The van der Waals surface area contributed by atoms with Crippen molar-refractivity contribution in [3.63, 3.8) is 0 Å². The average Bonchev–Trinajstić information content (AvgIpc) is 3.21. The zero-order valence-corrected chi connectivity index (χ0v) is 16.2. The van der Waals surface area contributed by atoms with E-state index in [-0.39, 0.29) is 17.9 Å². The number of aryl methyl sites for hydroxylation is 1. The molecule has 0 aliphatic carbocycles. The van der Waals surface area contributed by atoms with Crippen LogP contribution in [0.1, 0.15) is 28.6 Å². The van der Waals surface area contributed by atoms with Crippen molar-refractivity contribution in [2.45, 2.75) is 26.3 Å². The van der Waals surface area contributed by atoms with Crippen LogP contribution in [-0.2, 0) is 4.79 Å². The number of amides is 2. The Balaban J connectivity index is 1.44. The van der Waals surface area contributed by atoms with Gasteiger partial charge in [-0.25, -0.2) is 0 Å². The molecule has 0 saturated carbocycles. The molecule has 2 fully saturated rings. The molecule has 2 saturated heterocycles. The molecule has 1 aromatic carbocycles. The summed E-state index contributed by atoms with van der Waals surface area (Å²) in [5.74, 6) is 0.393. The molecule has 2 aliphatic rings. The van der Waals surface area contributed by atoms with E-state index in [4.69, 9.17) is 0 Å². The van der Waals surface area contributed by atoms with Gasteiger partial charge in [0.05, 0.1) is 10.9 Å². The third-order valence-electron chi connectivity index (χ3n) is 5.73. The standard InChI is InChI=1S/C20H25N3O2S/c1-3-21-9-8-16(19(21)24)22-10-12-23(13-11-22)20(25)18-14(2)15-6-4-5-7-17(15)26-18/h4-7,16H,3,8-13H2,1-2H3. The number of hydrogen-bond acceptors (Lipinski definition) is 4. The van der Waals surface area contributed by atoms with Crippen LogP contribution in [0.2, 0.25) is 0 Å². The van der Waals surface area contributed by atoms with E-state index >= 15 is 0 Å². The fourth-order valence-corrected chi connectivity index (χ4v) is 5.31. The van der Waals surface area contributed by atoms with E-state index in [9.17, 15) is 9.59 Å². The summed E-state index contributed by atoms with van der Waals surface area (Å²) in [5, 5.41) is 1.18. The zero-order chi connectivity index (χ0) is 18.3. The number of piperazine rings is 1. The van der Waals surface area contributed by atoms with Gasteiger partial charge in [0.15, 0.2) is 0 Å². The summed E-state index contributed by atoms with van der Waals surface area (Å²) in [6.45, 7) is 8.68. The van der Waals surface area contributed by atoms with Crippen molar-refractivity contribution < 1.29 is 9.59 Å². The number of fused-ring (bicyclic) bond motifs is 1. The molecule has 0 N–H and O–H groups in total. The Morgan fingerprint density at radius 2 is 1.88 bits per heavy atom. The minimum absolute atomic E-state index is 0.0123. The molecular weight excluding hydrogens is 346 g/mol. The van der Waals surface area contributed by atoms with E-state index in [0.29, 0.717) is 13.1 Å². The van der Waals surface area contributed by atoms with Gasteiger partial charge in [0.25, 0.3) is 5.91 Å². The lowest BCUT2D eigenvalue weighted by Crippen LogP contribution is -2.53. The molecule has 138 valence electrons. The fraction of sp³-hybridized carbons (Fsp3) is 0.500. The van der Waals surface area contributed by atoms with Crippen LogP contribution in [0.3, 0.4) is 0 Å². The molecule has 1 aromatic heterocycles. The summed E-state index contributed by atoms with van der Waals surface area (Å²) in [5.41, 5.74) is 1.09. The summed E-state index contributed by atoms with van der Waals surface area (Å²) < 4.78 is 1.17. The van der Waals surface area contributed by atoms with Crippen molar-refractivity contribution in [1.82, 2.24) is 14.7 Å². The first-order valence-corrected chi connectivity index (χ1v) is 10.2. The molecule has 1 unspecified atom stereocenters. The molecule has 2 aromatic rings. The monoisotopic (exact) mass is 371 g/mol. The summed E-state index contributed by atoms with van der Waals surface area (Å²) in [6, 6.07) is 8.21. The first-order valence-electron chi connectivity index (χ1n) is 9.40. The van der Waals surface area contributed by atoms with Gasteiger partial charge in [-0.1, -0.05) is 18.2 Å². The Kier molecular flexibility index (Phi) is 4.71. The van der Waals surface area contributed by atoms with Crippen LogP contribution in [0.15, 0.2) is 24.3 Å². The van der Waals surface area contributed by atoms with Crippen LogP contribution >= 0.6 is 11.3 Å². The highest BCUT2D eigenvalue weighted by Gasteiger charge is 2.37. The maximum Gasteiger partial charge on any atom is 0.264 e. The van der Waals surface area contributed by atoms with Crippen LogP contribution < -0.4 is 0 Å². The largest absolute Gasteiger partial charge is 0.342 e. The van der Waals surface area contributed by atoms with Crippen LogP contribution in [-0.4, -0.2) is 71.8 Å². The molecular formula is C20H25N3O2S. The number of hydrogen-bond donors (Lipinski definition) is 0. The van der Waals surface area contributed by atoms with E-state index in [0.717, 1.165) is 43.0 Å². The van der Waals surface area contributed by atoms with Crippen molar-refractivity contribution in [3.8, 4) is 0 Å². The highest BCUT2D eigenvalue weighted by molar-refractivity contribution is 7.21. The molecule has 0 radical (unpaired) electrons. The number of rotatable bonds is 3. The summed E-state index contributed by atoms with van der Waals surface area (Å²) in [7, 11) is 0. The molecule has 2 aliphatic heterocycles. The second-order valence-corrected chi connectivity index (χ2v) is 8.16. The van der Waals surface area contributed by atoms with Crippen molar-refractivity contribution in [2.24, 2.45) is 0 Å². The lowest BCUT2D eigenvalue weighted by atomic mass is 10.1. The molecule has 3 heterocycles. The van der Waals surface area contributed by atoms with Gasteiger partial charge in [-0.2, -0.15) is 0 Å². The lowest BCUT2D eigenvalue weighted by molar-refractivity contribution is -0.132. The third kappa shape index (κ3) is 2.91. The summed E-state index contributed by atoms with van der Waals surface area (Å²) >= 11 is 1.59. The number of carbonyl (C=O) groups excluding carboxylic acids is 2. The van der Waals surface area contributed by atoms with Crippen molar-refractivity contribution in [3.05, 3.63) is 34.7 Å². The minimum atomic E-state index is 0.0123. The third-order valence-corrected chi connectivity index (χ3v) is 6.99. The summed E-state index contributed by atoms with van der Waals surface area (Å²) in [4.78, 5) is 32.4. The molecule has 2 amide bonds.